The van der Waals surface area contributed by atoms with E-state index in [-0.39, 0.29) is 20.4 Å². The maximum atomic E-state index is 12.8. The number of hydrogen-bond acceptors (Lipinski definition) is 6. The minimum Gasteiger partial charge on any atom is -0.352 e. The first-order valence-electron chi connectivity index (χ1n) is 4.57. The van der Waals surface area contributed by atoms with E-state index in [1.54, 1.807) is 0 Å². The average molecular weight is 389 g/mol. The lowest BCUT2D eigenvalue weighted by molar-refractivity contribution is 0.516. The van der Waals surface area contributed by atoms with Gasteiger partial charge in [-0.25, -0.2) is 17.7 Å². The fourth-order valence-electron chi connectivity index (χ4n) is 0.868. The molecular weight excluding hydrogens is 380 g/mol. The van der Waals surface area contributed by atoms with Crippen LogP contribution in [0.4, 0.5) is 9.52 Å². The molecule has 1 rings (SSSR count). The third-order valence-electron chi connectivity index (χ3n) is 1.73. The van der Waals surface area contributed by atoms with Crippen molar-refractivity contribution in [1.29, 1.82) is 0 Å². The molecule has 0 aliphatic heterocycles. The Hall–Kier alpha value is 0.490. The first-order chi connectivity index (χ1) is 8.54. The number of alkyl halides is 3. The molecule has 1 aromatic rings. The van der Waals surface area contributed by atoms with Crippen molar-refractivity contribution in [3.05, 3.63) is 5.15 Å². The number of anilines is 1. The fourth-order valence-corrected chi connectivity index (χ4v) is 4.48. The molecule has 0 unspecified atom stereocenters. The molecule has 0 amide bonds. The molecule has 0 aliphatic carbocycles. The highest BCUT2D eigenvalue weighted by atomic mass is 35.5. The minimum absolute atomic E-state index is 0.00872. The topological polar surface area (TPSA) is 62.3 Å². The van der Waals surface area contributed by atoms with Gasteiger partial charge < -0.3 is 5.32 Å². The molecule has 0 atom stereocenters. The van der Waals surface area contributed by atoms with Gasteiger partial charge >= 0.3 is 3.92 Å². The molecule has 0 saturated carbocycles. The number of thioether (sulfide) groups is 1. The molecule has 0 aliphatic rings. The number of sulfonamides is 1. The van der Waals surface area contributed by atoms with Crippen molar-refractivity contribution in [3.8, 4) is 0 Å². The Balaban J connectivity index is 2.81. The van der Waals surface area contributed by atoms with Crippen LogP contribution >= 0.6 is 57.9 Å². The summed E-state index contributed by atoms with van der Waals surface area (Å²) in [6.07, 6.45) is 0. The van der Waals surface area contributed by atoms with Crippen LogP contribution in [0.15, 0.2) is 4.21 Å². The maximum absolute atomic E-state index is 12.8. The van der Waals surface area contributed by atoms with E-state index in [0.717, 1.165) is 15.6 Å². The molecule has 19 heavy (non-hydrogen) atoms. The van der Waals surface area contributed by atoms with E-state index in [1.807, 2.05) is 0 Å². The van der Waals surface area contributed by atoms with Gasteiger partial charge in [-0.1, -0.05) is 57.9 Å². The second-order valence-electron chi connectivity index (χ2n) is 3.30. The SMILES string of the molecule is CN(C)S(=O)(=O)c1sc(NCSC(F)(Cl)Cl)nc1Cl. The molecular formula is C7H9Cl3FN3O2S3. The average Bonchev–Trinajstić information content (AvgIpc) is 2.58. The normalized spacial score (nSPS) is 13.0. The summed E-state index contributed by atoms with van der Waals surface area (Å²) in [7, 11) is -0.892. The maximum Gasteiger partial charge on any atom is 0.306 e. The van der Waals surface area contributed by atoms with Gasteiger partial charge in [-0.3, -0.25) is 0 Å². The van der Waals surface area contributed by atoms with Crippen LogP contribution in [0.3, 0.4) is 0 Å². The molecule has 1 heterocycles. The number of nitrogens with zero attached hydrogens (tertiary/aromatic N) is 2. The summed E-state index contributed by atoms with van der Waals surface area (Å²) in [5.41, 5.74) is 0. The van der Waals surface area contributed by atoms with Crippen LogP contribution in [0, 0.1) is 0 Å². The van der Waals surface area contributed by atoms with Crippen molar-refractivity contribution < 1.29 is 12.8 Å². The van der Waals surface area contributed by atoms with E-state index in [9.17, 15) is 12.8 Å². The van der Waals surface area contributed by atoms with E-state index in [0.29, 0.717) is 11.8 Å². The Bertz CT molecular complexity index is 544. The summed E-state index contributed by atoms with van der Waals surface area (Å²) >= 11 is 17.4. The Morgan fingerprint density at radius 1 is 1.53 bits per heavy atom. The van der Waals surface area contributed by atoms with E-state index >= 15 is 0 Å². The molecule has 110 valence electrons. The molecule has 1 N–H and O–H groups in total. The minimum atomic E-state index is -3.66. The highest BCUT2D eigenvalue weighted by molar-refractivity contribution is 8.03. The Labute approximate surface area is 133 Å². The van der Waals surface area contributed by atoms with Crippen LogP contribution in [0.5, 0.6) is 0 Å². The van der Waals surface area contributed by atoms with E-state index in [2.05, 4.69) is 10.3 Å². The molecule has 0 radical (unpaired) electrons. The lowest BCUT2D eigenvalue weighted by atomic mass is 11.0. The van der Waals surface area contributed by atoms with Gasteiger partial charge in [0.25, 0.3) is 10.0 Å². The molecule has 0 bridgehead atoms. The van der Waals surface area contributed by atoms with Crippen molar-refractivity contribution in [1.82, 2.24) is 9.29 Å². The summed E-state index contributed by atoms with van der Waals surface area (Å²) in [6.45, 7) is 0. The summed E-state index contributed by atoms with van der Waals surface area (Å²) in [4.78, 5) is 3.82. The van der Waals surface area contributed by atoms with Crippen LogP contribution in [0.1, 0.15) is 0 Å². The van der Waals surface area contributed by atoms with Gasteiger partial charge in [-0.15, -0.1) is 0 Å². The summed E-state index contributed by atoms with van der Waals surface area (Å²) in [5, 5.41) is 2.76. The molecule has 0 aromatic carbocycles. The van der Waals surface area contributed by atoms with E-state index < -0.39 is 13.9 Å². The zero-order valence-electron chi connectivity index (χ0n) is 9.65. The first-order valence-corrected chi connectivity index (χ1v) is 8.95. The molecule has 0 saturated heterocycles. The smallest absolute Gasteiger partial charge is 0.306 e. The number of nitrogens with one attached hydrogen (secondary N) is 1. The van der Waals surface area contributed by atoms with Crippen molar-refractivity contribution in [3.63, 3.8) is 0 Å². The third kappa shape index (κ3) is 5.07. The van der Waals surface area contributed by atoms with Gasteiger partial charge in [0.05, 0.1) is 5.88 Å². The van der Waals surface area contributed by atoms with E-state index in [4.69, 9.17) is 34.8 Å². The number of thiazole rings is 1. The van der Waals surface area contributed by atoms with Crippen molar-refractivity contribution in [2.24, 2.45) is 0 Å². The predicted octanol–water partition coefficient (Wildman–Crippen LogP) is 3.21. The van der Waals surface area contributed by atoms with Crippen LogP contribution in [-0.2, 0) is 10.0 Å². The summed E-state index contributed by atoms with van der Waals surface area (Å²) in [5.74, 6) is 0.00872. The number of halogens is 4. The van der Waals surface area contributed by atoms with Crippen molar-refractivity contribution >= 4 is 73.1 Å². The van der Waals surface area contributed by atoms with Gasteiger partial charge in [0.1, 0.15) is 0 Å². The second-order valence-corrected chi connectivity index (χ2v) is 9.82. The largest absolute Gasteiger partial charge is 0.352 e. The molecule has 5 nitrogen and oxygen atoms in total. The number of rotatable bonds is 6. The Morgan fingerprint density at radius 3 is 2.58 bits per heavy atom. The fraction of sp³-hybridized carbons (Fsp3) is 0.571. The standard InChI is InChI=1S/C7H9Cl3FN3O2S3/c1-14(2)19(15,16)5-4(8)13-6(18-5)12-3-17-7(9,10)11/h3H2,1-2H3,(H,12,13). The van der Waals surface area contributed by atoms with Gasteiger partial charge in [0.2, 0.25) is 0 Å². The highest BCUT2D eigenvalue weighted by Gasteiger charge is 2.26. The monoisotopic (exact) mass is 387 g/mol. The van der Waals surface area contributed by atoms with E-state index in [1.165, 1.54) is 14.1 Å². The van der Waals surface area contributed by atoms with Gasteiger partial charge in [-0.05, 0) is 0 Å². The van der Waals surface area contributed by atoms with Gasteiger partial charge in [0, 0.05) is 14.1 Å². The zero-order chi connectivity index (χ0) is 14.8. The predicted molar refractivity (Wildman–Crippen MR) is 79.6 cm³/mol. The quantitative estimate of drug-likeness (QED) is 0.599. The lowest BCUT2D eigenvalue weighted by Gasteiger charge is -2.09. The third-order valence-corrected chi connectivity index (χ3v) is 6.81. The zero-order valence-corrected chi connectivity index (χ0v) is 14.4. The highest BCUT2D eigenvalue weighted by Crippen LogP contribution is 2.37. The first kappa shape index (κ1) is 17.5. The molecule has 1 aromatic heterocycles. The summed E-state index contributed by atoms with van der Waals surface area (Å²) < 4.78 is 35.0. The van der Waals surface area contributed by atoms with Crippen LogP contribution in [-0.4, -0.2) is 41.6 Å². The number of aromatic nitrogens is 1. The molecule has 0 spiro atoms. The molecule has 0 fully saturated rings. The van der Waals surface area contributed by atoms with Crippen molar-refractivity contribution in [2.75, 3.05) is 25.3 Å². The lowest BCUT2D eigenvalue weighted by Crippen LogP contribution is -2.21. The van der Waals surface area contributed by atoms with Gasteiger partial charge in [-0.2, -0.15) is 4.39 Å². The number of hydrogen-bond donors (Lipinski definition) is 1. The van der Waals surface area contributed by atoms with Crippen LogP contribution in [0.25, 0.3) is 0 Å². The van der Waals surface area contributed by atoms with Crippen LogP contribution in [0.2, 0.25) is 5.15 Å². The summed E-state index contributed by atoms with van der Waals surface area (Å²) in [6, 6.07) is 0. The second kappa shape index (κ2) is 6.50. The van der Waals surface area contributed by atoms with Crippen molar-refractivity contribution in [2.45, 2.75) is 8.13 Å². The Morgan fingerprint density at radius 2 is 2.11 bits per heavy atom. The van der Waals surface area contributed by atoms with Crippen LogP contribution < -0.4 is 5.32 Å². The van der Waals surface area contributed by atoms with Gasteiger partial charge in [0.15, 0.2) is 14.5 Å². The Kier molecular flexibility index (Phi) is 6.00. The molecule has 12 heteroatoms.